The first kappa shape index (κ1) is 17.4. The van der Waals surface area contributed by atoms with Crippen molar-refractivity contribution < 1.29 is 27.9 Å². The third kappa shape index (κ3) is 6.56. The van der Waals surface area contributed by atoms with Crippen LogP contribution in [0.1, 0.15) is 26.2 Å². The van der Waals surface area contributed by atoms with Crippen molar-refractivity contribution in [1.29, 1.82) is 0 Å². The number of imide groups is 1. The second-order valence-electron chi connectivity index (χ2n) is 5.25. The Morgan fingerprint density at radius 1 is 1.19 bits per heavy atom. The van der Waals surface area contributed by atoms with Crippen molar-refractivity contribution in [3.63, 3.8) is 0 Å². The lowest BCUT2D eigenvalue weighted by molar-refractivity contribution is -0.138. The maximum absolute atomic E-state index is 11.9. The zero-order valence-corrected chi connectivity index (χ0v) is 12.7. The van der Waals surface area contributed by atoms with Crippen molar-refractivity contribution in [1.82, 2.24) is 10.2 Å². The highest BCUT2D eigenvalue weighted by Crippen LogP contribution is 2.08. The fourth-order valence-corrected chi connectivity index (χ4v) is 3.35. The number of urea groups is 1. The normalized spacial score (nSPS) is 19.4. The molecule has 1 unspecified atom stereocenters. The van der Waals surface area contributed by atoms with Crippen LogP contribution in [0.4, 0.5) is 4.79 Å². The van der Waals surface area contributed by atoms with Crippen LogP contribution in [0.2, 0.25) is 0 Å². The average molecular weight is 320 g/mol. The molecule has 1 aliphatic heterocycles. The van der Waals surface area contributed by atoms with Gasteiger partial charge in [0.25, 0.3) is 0 Å². The van der Waals surface area contributed by atoms with E-state index in [0.717, 1.165) is 0 Å². The third-order valence-electron chi connectivity index (χ3n) is 3.15. The van der Waals surface area contributed by atoms with Crippen molar-refractivity contribution in [3.8, 4) is 0 Å². The Morgan fingerprint density at radius 3 is 2.48 bits per heavy atom. The van der Waals surface area contributed by atoms with Gasteiger partial charge in [0, 0.05) is 25.9 Å². The summed E-state index contributed by atoms with van der Waals surface area (Å²) in [6.07, 6.45) is 0.132. The van der Waals surface area contributed by atoms with E-state index in [1.807, 2.05) is 0 Å². The summed E-state index contributed by atoms with van der Waals surface area (Å²) in [5, 5.41) is 10.8. The molecule has 1 aliphatic rings. The minimum absolute atomic E-state index is 0.0420. The van der Waals surface area contributed by atoms with E-state index in [1.165, 1.54) is 4.90 Å². The number of nitrogens with one attached hydrogen (secondary N) is 1. The Labute approximate surface area is 123 Å². The zero-order valence-electron chi connectivity index (χ0n) is 11.9. The van der Waals surface area contributed by atoms with E-state index in [-0.39, 0.29) is 43.4 Å². The standard InChI is InChI=1S/C12H20N2O6S/c1-9(8-11(16)17)7-10(15)13-12(18)14-3-2-5-21(19,20)6-4-14/h9H,2-8H2,1H3,(H,16,17)(H,13,15,18). The van der Waals surface area contributed by atoms with Gasteiger partial charge in [0.15, 0.2) is 9.84 Å². The van der Waals surface area contributed by atoms with Gasteiger partial charge in [-0.05, 0) is 12.3 Å². The van der Waals surface area contributed by atoms with Crippen molar-refractivity contribution in [2.45, 2.75) is 26.2 Å². The monoisotopic (exact) mass is 320 g/mol. The summed E-state index contributed by atoms with van der Waals surface area (Å²) in [4.78, 5) is 35.3. The number of amides is 3. The number of carbonyl (C=O) groups is 3. The van der Waals surface area contributed by atoms with Crippen LogP contribution in [0, 0.1) is 5.92 Å². The molecule has 1 heterocycles. The Bertz CT molecular complexity index is 516. The number of sulfone groups is 1. The smallest absolute Gasteiger partial charge is 0.324 e. The van der Waals surface area contributed by atoms with Crippen molar-refractivity contribution in [2.24, 2.45) is 5.92 Å². The van der Waals surface area contributed by atoms with Crippen molar-refractivity contribution in [3.05, 3.63) is 0 Å². The molecule has 0 aromatic rings. The molecular weight excluding hydrogens is 300 g/mol. The number of hydrogen-bond acceptors (Lipinski definition) is 5. The molecule has 2 N–H and O–H groups in total. The number of aliphatic carboxylic acids is 1. The summed E-state index contributed by atoms with van der Waals surface area (Å²) in [5.41, 5.74) is 0. The maximum atomic E-state index is 11.9. The number of hydrogen-bond donors (Lipinski definition) is 2. The molecule has 21 heavy (non-hydrogen) atoms. The topological polar surface area (TPSA) is 121 Å². The molecule has 1 atom stereocenters. The van der Waals surface area contributed by atoms with Crippen LogP contribution in [0.3, 0.4) is 0 Å². The summed E-state index contributed by atoms with van der Waals surface area (Å²) in [6, 6.07) is -0.625. The molecule has 0 aromatic heterocycles. The Hall–Kier alpha value is -1.64. The fraction of sp³-hybridized carbons (Fsp3) is 0.750. The molecule has 1 fully saturated rings. The number of nitrogens with zero attached hydrogens (tertiary/aromatic N) is 1. The fourth-order valence-electron chi connectivity index (χ4n) is 2.08. The van der Waals surface area contributed by atoms with Gasteiger partial charge in [-0.3, -0.25) is 14.9 Å². The maximum Gasteiger partial charge on any atom is 0.324 e. The summed E-state index contributed by atoms with van der Waals surface area (Å²) >= 11 is 0. The summed E-state index contributed by atoms with van der Waals surface area (Å²) in [5.74, 6) is -2.00. The molecule has 0 aliphatic carbocycles. The first-order valence-corrected chi connectivity index (χ1v) is 8.53. The molecule has 0 spiro atoms. The van der Waals surface area contributed by atoms with Gasteiger partial charge in [-0.15, -0.1) is 0 Å². The second-order valence-corrected chi connectivity index (χ2v) is 7.56. The van der Waals surface area contributed by atoms with E-state index in [1.54, 1.807) is 6.92 Å². The van der Waals surface area contributed by atoms with E-state index < -0.39 is 27.7 Å². The summed E-state index contributed by atoms with van der Waals surface area (Å²) < 4.78 is 22.9. The van der Waals surface area contributed by atoms with Crippen molar-refractivity contribution >= 4 is 27.7 Å². The Balaban J connectivity index is 2.45. The lowest BCUT2D eigenvalue weighted by Gasteiger charge is -2.20. The van der Waals surface area contributed by atoms with Crippen LogP contribution >= 0.6 is 0 Å². The van der Waals surface area contributed by atoms with Gasteiger partial charge in [-0.25, -0.2) is 13.2 Å². The summed E-state index contributed by atoms with van der Waals surface area (Å²) in [7, 11) is -3.12. The van der Waals surface area contributed by atoms with Gasteiger partial charge in [0.1, 0.15) is 0 Å². The van der Waals surface area contributed by atoms with Crippen LogP contribution in [0.25, 0.3) is 0 Å². The highest BCUT2D eigenvalue weighted by atomic mass is 32.2. The van der Waals surface area contributed by atoms with Crippen LogP contribution in [0.5, 0.6) is 0 Å². The van der Waals surface area contributed by atoms with Gasteiger partial charge in [-0.1, -0.05) is 6.92 Å². The highest BCUT2D eigenvalue weighted by Gasteiger charge is 2.24. The molecule has 120 valence electrons. The minimum Gasteiger partial charge on any atom is -0.481 e. The average Bonchev–Trinajstić information content (AvgIpc) is 2.48. The first-order valence-electron chi connectivity index (χ1n) is 6.70. The summed E-state index contributed by atoms with van der Waals surface area (Å²) in [6.45, 7) is 1.95. The van der Waals surface area contributed by atoms with Crippen LogP contribution in [-0.2, 0) is 19.4 Å². The predicted octanol–water partition coefficient (Wildman–Crippen LogP) is -0.156. The molecule has 8 nitrogen and oxygen atoms in total. The molecule has 0 aromatic carbocycles. The van der Waals surface area contributed by atoms with Crippen LogP contribution in [0.15, 0.2) is 0 Å². The molecule has 1 saturated heterocycles. The molecule has 0 radical (unpaired) electrons. The van der Waals surface area contributed by atoms with Gasteiger partial charge < -0.3 is 10.0 Å². The molecule has 0 bridgehead atoms. The zero-order chi connectivity index (χ0) is 16.0. The van der Waals surface area contributed by atoms with E-state index in [9.17, 15) is 22.8 Å². The largest absolute Gasteiger partial charge is 0.481 e. The number of carboxylic acids is 1. The number of carboxylic acid groups (broad SMARTS) is 1. The quantitative estimate of drug-likeness (QED) is 0.742. The third-order valence-corrected chi connectivity index (χ3v) is 4.86. The van der Waals surface area contributed by atoms with E-state index in [0.29, 0.717) is 6.42 Å². The van der Waals surface area contributed by atoms with Gasteiger partial charge >= 0.3 is 12.0 Å². The second kappa shape index (κ2) is 7.39. The lowest BCUT2D eigenvalue weighted by atomic mass is 10.0. The number of rotatable bonds is 4. The van der Waals surface area contributed by atoms with Gasteiger partial charge in [0.2, 0.25) is 5.91 Å². The predicted molar refractivity (Wildman–Crippen MR) is 74.4 cm³/mol. The van der Waals surface area contributed by atoms with Crippen LogP contribution < -0.4 is 5.32 Å². The molecule has 9 heteroatoms. The molecule has 3 amide bonds. The molecular formula is C12H20N2O6S. The van der Waals surface area contributed by atoms with Gasteiger partial charge in [-0.2, -0.15) is 0 Å². The lowest BCUT2D eigenvalue weighted by Crippen LogP contribution is -2.44. The van der Waals surface area contributed by atoms with Crippen molar-refractivity contribution in [2.75, 3.05) is 24.6 Å². The Kier molecular flexibility index (Phi) is 6.13. The van der Waals surface area contributed by atoms with E-state index >= 15 is 0 Å². The highest BCUT2D eigenvalue weighted by molar-refractivity contribution is 7.91. The van der Waals surface area contributed by atoms with E-state index in [4.69, 9.17) is 5.11 Å². The number of carbonyl (C=O) groups excluding carboxylic acids is 2. The van der Waals surface area contributed by atoms with Gasteiger partial charge in [0.05, 0.1) is 11.5 Å². The van der Waals surface area contributed by atoms with E-state index in [2.05, 4.69) is 5.32 Å². The molecule has 0 saturated carbocycles. The first-order chi connectivity index (χ1) is 9.69. The SMILES string of the molecule is CC(CC(=O)O)CC(=O)NC(=O)N1CCCS(=O)(=O)CC1. The molecule has 1 rings (SSSR count). The Morgan fingerprint density at radius 2 is 1.86 bits per heavy atom. The van der Waals surface area contributed by atoms with Crippen LogP contribution in [-0.4, -0.2) is 60.9 Å². The minimum atomic E-state index is -3.12.